The van der Waals surface area contributed by atoms with Crippen LogP contribution in [0.1, 0.15) is 13.8 Å². The first kappa shape index (κ1) is 12.6. The molecule has 14 heavy (non-hydrogen) atoms. The summed E-state index contributed by atoms with van der Waals surface area (Å²) in [6.45, 7) is 2.98. The van der Waals surface area contributed by atoms with E-state index in [1.807, 2.05) is 0 Å². The van der Waals surface area contributed by atoms with Crippen LogP contribution in [0.5, 0.6) is 0 Å². The molecule has 0 fully saturated rings. The average molecular weight is 202 g/mol. The molecule has 0 aliphatic rings. The van der Waals surface area contributed by atoms with E-state index in [1.165, 1.54) is 13.8 Å². The second kappa shape index (κ2) is 6.11. The summed E-state index contributed by atoms with van der Waals surface area (Å²) in [7, 11) is 0. The summed E-state index contributed by atoms with van der Waals surface area (Å²) >= 11 is 0. The molecule has 0 aliphatic heterocycles. The number of esters is 2. The van der Waals surface area contributed by atoms with Crippen molar-refractivity contribution < 1.29 is 19.1 Å². The van der Waals surface area contributed by atoms with Crippen molar-refractivity contribution in [1.29, 1.82) is 0 Å². The summed E-state index contributed by atoms with van der Waals surface area (Å²) in [5.74, 6) is -1.41. The van der Waals surface area contributed by atoms with E-state index in [9.17, 15) is 9.59 Å². The first-order valence-electron chi connectivity index (χ1n) is 4.02. The zero-order valence-electron chi connectivity index (χ0n) is 8.10. The van der Waals surface area contributed by atoms with Gasteiger partial charge in [-0.1, -0.05) is 0 Å². The van der Waals surface area contributed by atoms with Crippen LogP contribution in [0.2, 0.25) is 0 Å². The number of hydrogen-bond acceptors (Lipinski definition) is 6. The Morgan fingerprint density at radius 2 is 1.29 bits per heavy atom. The first-order chi connectivity index (χ1) is 6.41. The van der Waals surface area contributed by atoms with Crippen LogP contribution < -0.4 is 11.5 Å². The predicted octanol–water partition coefficient (Wildman–Crippen LogP) is -0.762. The molecule has 2 unspecified atom stereocenters. The van der Waals surface area contributed by atoms with E-state index in [4.69, 9.17) is 11.5 Å². The number of ether oxygens (including phenoxy) is 2. The minimum absolute atomic E-state index is 0.707. The number of hydrogen-bond donors (Lipinski definition) is 2. The fourth-order valence-corrected chi connectivity index (χ4v) is 0.581. The van der Waals surface area contributed by atoms with E-state index >= 15 is 0 Å². The molecule has 0 amide bonds. The number of carbonyl (C=O) groups excluding carboxylic acids is 2. The van der Waals surface area contributed by atoms with Gasteiger partial charge in [0.05, 0.1) is 0 Å². The lowest BCUT2D eigenvalue weighted by atomic mass is 10.5. The molecular weight excluding hydrogens is 188 g/mol. The molecule has 4 N–H and O–H groups in total. The van der Waals surface area contributed by atoms with Gasteiger partial charge in [0.25, 0.3) is 0 Å². The SMILES string of the molecule is CC(N)OC(=O)/C=C/C(=O)OC(C)N. The molecule has 0 aromatic carbocycles. The summed E-state index contributed by atoms with van der Waals surface area (Å²) in [6.07, 6.45) is 0.426. The third-order valence-electron chi connectivity index (χ3n) is 0.960. The minimum Gasteiger partial charge on any atom is -0.444 e. The Hall–Kier alpha value is -1.40. The highest BCUT2D eigenvalue weighted by molar-refractivity contribution is 5.91. The minimum atomic E-state index is -0.711. The first-order valence-corrected chi connectivity index (χ1v) is 4.02. The van der Waals surface area contributed by atoms with Crippen LogP contribution in [0.15, 0.2) is 12.2 Å². The Morgan fingerprint density at radius 3 is 1.50 bits per heavy atom. The number of carbonyl (C=O) groups is 2. The molecule has 0 bridgehead atoms. The van der Waals surface area contributed by atoms with Crippen molar-refractivity contribution in [1.82, 2.24) is 0 Å². The zero-order chi connectivity index (χ0) is 11.1. The van der Waals surface area contributed by atoms with Gasteiger partial charge in [0.2, 0.25) is 0 Å². The summed E-state index contributed by atoms with van der Waals surface area (Å²) in [4.78, 5) is 21.6. The molecule has 80 valence electrons. The lowest BCUT2D eigenvalue weighted by molar-refractivity contribution is -0.144. The van der Waals surface area contributed by atoms with Gasteiger partial charge in [0.15, 0.2) is 0 Å². The fourth-order valence-electron chi connectivity index (χ4n) is 0.581. The van der Waals surface area contributed by atoms with E-state index in [2.05, 4.69) is 9.47 Å². The van der Waals surface area contributed by atoms with Gasteiger partial charge in [0, 0.05) is 12.2 Å². The second-order valence-corrected chi connectivity index (χ2v) is 2.62. The highest BCUT2D eigenvalue weighted by Gasteiger charge is 2.04. The molecular formula is C8H14N2O4. The molecule has 0 radical (unpaired) electrons. The van der Waals surface area contributed by atoms with Crippen molar-refractivity contribution in [2.24, 2.45) is 11.5 Å². The smallest absolute Gasteiger partial charge is 0.332 e. The van der Waals surface area contributed by atoms with E-state index in [1.54, 1.807) is 0 Å². The predicted molar refractivity (Wildman–Crippen MR) is 48.6 cm³/mol. The third kappa shape index (κ3) is 7.26. The Balaban J connectivity index is 3.92. The number of nitrogens with two attached hydrogens (primary N) is 2. The van der Waals surface area contributed by atoms with Gasteiger partial charge >= 0.3 is 11.9 Å². The Morgan fingerprint density at radius 1 is 1.00 bits per heavy atom. The summed E-state index contributed by atoms with van der Waals surface area (Å²) in [5.41, 5.74) is 10.3. The summed E-state index contributed by atoms with van der Waals surface area (Å²) in [5, 5.41) is 0. The normalized spacial score (nSPS) is 14.9. The zero-order valence-corrected chi connectivity index (χ0v) is 8.10. The Kier molecular flexibility index (Phi) is 5.50. The van der Waals surface area contributed by atoms with Crippen LogP contribution in [-0.2, 0) is 19.1 Å². The van der Waals surface area contributed by atoms with Crippen molar-refractivity contribution in [3.8, 4) is 0 Å². The largest absolute Gasteiger partial charge is 0.444 e. The summed E-state index contributed by atoms with van der Waals surface area (Å²) < 4.78 is 9.04. The van der Waals surface area contributed by atoms with Gasteiger partial charge < -0.3 is 9.47 Å². The molecule has 0 aromatic heterocycles. The van der Waals surface area contributed by atoms with Crippen molar-refractivity contribution in [3.63, 3.8) is 0 Å². The van der Waals surface area contributed by atoms with Crippen molar-refractivity contribution in [2.45, 2.75) is 26.3 Å². The van der Waals surface area contributed by atoms with Gasteiger partial charge in [-0.15, -0.1) is 0 Å². The highest BCUT2D eigenvalue weighted by Crippen LogP contribution is 1.89. The fraction of sp³-hybridized carbons (Fsp3) is 0.500. The third-order valence-corrected chi connectivity index (χ3v) is 0.960. The quantitative estimate of drug-likeness (QED) is 0.352. The maximum atomic E-state index is 10.8. The van der Waals surface area contributed by atoms with Crippen LogP contribution in [0.25, 0.3) is 0 Å². The van der Waals surface area contributed by atoms with Gasteiger partial charge in [-0.25, -0.2) is 9.59 Å². The molecule has 0 rings (SSSR count). The molecule has 2 atom stereocenters. The summed E-state index contributed by atoms with van der Waals surface area (Å²) in [6, 6.07) is 0. The molecule has 6 heteroatoms. The van der Waals surface area contributed by atoms with Gasteiger partial charge in [-0.2, -0.15) is 0 Å². The number of rotatable bonds is 4. The van der Waals surface area contributed by atoms with E-state index < -0.39 is 24.4 Å². The molecule has 0 aromatic rings. The van der Waals surface area contributed by atoms with Crippen molar-refractivity contribution in [3.05, 3.63) is 12.2 Å². The molecule has 0 saturated carbocycles. The van der Waals surface area contributed by atoms with Crippen LogP contribution in [0.3, 0.4) is 0 Å². The van der Waals surface area contributed by atoms with Crippen LogP contribution in [0, 0.1) is 0 Å². The molecule has 0 saturated heterocycles. The molecule has 0 spiro atoms. The monoisotopic (exact) mass is 202 g/mol. The van der Waals surface area contributed by atoms with Crippen molar-refractivity contribution in [2.75, 3.05) is 0 Å². The standard InChI is InChI=1S/C8H14N2O4/c1-5(9)13-7(11)3-4-8(12)14-6(2)10/h3-6H,9-10H2,1-2H3/b4-3+. The van der Waals surface area contributed by atoms with Gasteiger partial charge in [0.1, 0.15) is 12.5 Å². The maximum Gasteiger partial charge on any atom is 0.332 e. The van der Waals surface area contributed by atoms with E-state index in [0.717, 1.165) is 12.2 Å². The Labute approximate surface area is 81.8 Å². The van der Waals surface area contributed by atoms with Crippen LogP contribution in [-0.4, -0.2) is 24.4 Å². The average Bonchev–Trinajstić information content (AvgIpc) is 1.98. The maximum absolute atomic E-state index is 10.8. The lowest BCUT2D eigenvalue weighted by Gasteiger charge is -2.05. The van der Waals surface area contributed by atoms with Crippen LogP contribution >= 0.6 is 0 Å². The highest BCUT2D eigenvalue weighted by atomic mass is 16.6. The molecule has 0 aliphatic carbocycles. The molecule has 0 heterocycles. The van der Waals surface area contributed by atoms with Gasteiger partial charge in [-0.3, -0.25) is 11.5 Å². The lowest BCUT2D eigenvalue weighted by Crippen LogP contribution is -2.23. The second-order valence-electron chi connectivity index (χ2n) is 2.62. The van der Waals surface area contributed by atoms with E-state index in [-0.39, 0.29) is 0 Å². The van der Waals surface area contributed by atoms with Crippen LogP contribution in [0.4, 0.5) is 0 Å². The Bertz CT molecular complexity index is 211. The van der Waals surface area contributed by atoms with Gasteiger partial charge in [-0.05, 0) is 13.8 Å². The topological polar surface area (TPSA) is 105 Å². The molecule has 6 nitrogen and oxygen atoms in total. The van der Waals surface area contributed by atoms with Crippen molar-refractivity contribution >= 4 is 11.9 Å². The van der Waals surface area contributed by atoms with E-state index in [0.29, 0.717) is 0 Å².